The quantitative estimate of drug-likeness (QED) is 0.342. The van der Waals surface area contributed by atoms with E-state index in [1.807, 2.05) is 6.92 Å². The van der Waals surface area contributed by atoms with Gasteiger partial charge in [-0.25, -0.2) is 0 Å². The van der Waals surface area contributed by atoms with Crippen molar-refractivity contribution >= 4 is 0 Å². The van der Waals surface area contributed by atoms with Crippen molar-refractivity contribution in [2.45, 2.75) is 52.5 Å². The summed E-state index contributed by atoms with van der Waals surface area (Å²) in [5.74, 6) is 6.26. The summed E-state index contributed by atoms with van der Waals surface area (Å²) in [4.78, 5) is 0. The summed E-state index contributed by atoms with van der Waals surface area (Å²) in [5, 5.41) is 0. The van der Waals surface area contributed by atoms with Crippen molar-refractivity contribution in [3.63, 3.8) is 0 Å². The van der Waals surface area contributed by atoms with E-state index >= 15 is 0 Å². The molecule has 0 heterocycles. The van der Waals surface area contributed by atoms with E-state index in [0.717, 1.165) is 32.0 Å². The maximum atomic E-state index is 5.47. The summed E-state index contributed by atoms with van der Waals surface area (Å²) in [7, 11) is 0. The van der Waals surface area contributed by atoms with Crippen molar-refractivity contribution in [2.75, 3.05) is 13.2 Å². The number of hydrazine groups is 1. The third kappa shape index (κ3) is 8.48. The van der Waals surface area contributed by atoms with Crippen molar-refractivity contribution in [1.29, 1.82) is 0 Å². The molecule has 0 fully saturated rings. The lowest BCUT2D eigenvalue weighted by molar-refractivity contribution is 0.135. The molecule has 0 rings (SSSR count). The van der Waals surface area contributed by atoms with Gasteiger partial charge in [0, 0.05) is 19.3 Å². The lowest BCUT2D eigenvalue weighted by Crippen LogP contribution is -2.36. The molecule has 0 aliphatic rings. The number of rotatable bonds is 9. The molecule has 0 aromatic heterocycles. The molecule has 0 amide bonds. The second kappa shape index (κ2) is 9.44. The number of nitrogens with two attached hydrogens (primary N) is 1. The topological polar surface area (TPSA) is 47.3 Å². The number of hydrogen-bond donors (Lipinski definition) is 2. The van der Waals surface area contributed by atoms with Gasteiger partial charge in [-0.15, -0.1) is 0 Å². The Kier molecular flexibility index (Phi) is 9.35. The first-order valence-electron chi connectivity index (χ1n) is 5.74. The molecule has 0 saturated carbocycles. The summed E-state index contributed by atoms with van der Waals surface area (Å²) >= 11 is 0. The predicted molar refractivity (Wildman–Crippen MR) is 60.9 cm³/mol. The van der Waals surface area contributed by atoms with Gasteiger partial charge in [-0.3, -0.25) is 11.3 Å². The molecule has 1 unspecified atom stereocenters. The Morgan fingerprint density at radius 2 is 1.93 bits per heavy atom. The van der Waals surface area contributed by atoms with Gasteiger partial charge in [0.25, 0.3) is 0 Å². The average molecular weight is 202 g/mol. The van der Waals surface area contributed by atoms with Crippen LogP contribution in [0.1, 0.15) is 46.5 Å². The molecule has 0 bridgehead atoms. The summed E-state index contributed by atoms with van der Waals surface area (Å²) in [6.45, 7) is 8.14. The first-order chi connectivity index (χ1) is 6.70. The van der Waals surface area contributed by atoms with Gasteiger partial charge < -0.3 is 4.74 Å². The molecule has 0 radical (unpaired) electrons. The Morgan fingerprint density at radius 1 is 1.21 bits per heavy atom. The second-order valence-electron chi connectivity index (χ2n) is 4.17. The normalized spacial score (nSPS) is 13.5. The van der Waals surface area contributed by atoms with Crippen LogP contribution in [-0.2, 0) is 4.74 Å². The molecule has 1 atom stereocenters. The molecule has 0 aliphatic heterocycles. The maximum Gasteiger partial charge on any atom is 0.0481 e. The van der Waals surface area contributed by atoms with E-state index in [1.165, 1.54) is 12.8 Å². The fraction of sp³-hybridized carbons (Fsp3) is 1.00. The van der Waals surface area contributed by atoms with Gasteiger partial charge >= 0.3 is 0 Å². The number of nitrogens with one attached hydrogen (secondary N) is 1. The van der Waals surface area contributed by atoms with Crippen molar-refractivity contribution in [3.05, 3.63) is 0 Å². The number of ether oxygens (including phenoxy) is 1. The van der Waals surface area contributed by atoms with Crippen LogP contribution in [-0.4, -0.2) is 19.3 Å². The summed E-state index contributed by atoms with van der Waals surface area (Å²) < 4.78 is 5.30. The minimum Gasteiger partial charge on any atom is -0.382 e. The van der Waals surface area contributed by atoms with E-state index in [9.17, 15) is 0 Å². The van der Waals surface area contributed by atoms with Crippen molar-refractivity contribution in [1.82, 2.24) is 5.43 Å². The van der Waals surface area contributed by atoms with Crippen LogP contribution < -0.4 is 11.3 Å². The van der Waals surface area contributed by atoms with Crippen LogP contribution in [0.5, 0.6) is 0 Å². The largest absolute Gasteiger partial charge is 0.382 e. The van der Waals surface area contributed by atoms with Gasteiger partial charge in [0.15, 0.2) is 0 Å². The minimum absolute atomic E-state index is 0.417. The Hall–Kier alpha value is -0.120. The molecular formula is C11H26N2O. The van der Waals surface area contributed by atoms with E-state index in [2.05, 4.69) is 19.3 Å². The van der Waals surface area contributed by atoms with Crippen LogP contribution in [0.15, 0.2) is 0 Å². The molecule has 0 saturated heterocycles. The smallest absolute Gasteiger partial charge is 0.0481 e. The van der Waals surface area contributed by atoms with Crippen LogP contribution in [0.25, 0.3) is 0 Å². The van der Waals surface area contributed by atoms with E-state index in [0.29, 0.717) is 6.04 Å². The van der Waals surface area contributed by atoms with E-state index in [-0.39, 0.29) is 0 Å². The zero-order valence-electron chi connectivity index (χ0n) is 9.88. The maximum absolute atomic E-state index is 5.47. The van der Waals surface area contributed by atoms with Crippen LogP contribution in [0.2, 0.25) is 0 Å². The van der Waals surface area contributed by atoms with Gasteiger partial charge in [0.05, 0.1) is 0 Å². The molecule has 86 valence electrons. The highest BCUT2D eigenvalue weighted by Gasteiger charge is 2.06. The van der Waals surface area contributed by atoms with Gasteiger partial charge in [0.1, 0.15) is 0 Å². The van der Waals surface area contributed by atoms with Crippen molar-refractivity contribution in [3.8, 4) is 0 Å². The highest BCUT2D eigenvalue weighted by Crippen LogP contribution is 2.09. The first kappa shape index (κ1) is 13.9. The van der Waals surface area contributed by atoms with Crippen LogP contribution in [0.4, 0.5) is 0 Å². The Balaban J connectivity index is 3.38. The molecule has 0 aromatic carbocycles. The summed E-state index contributed by atoms with van der Waals surface area (Å²) in [6, 6.07) is 0.417. The van der Waals surface area contributed by atoms with Gasteiger partial charge in [-0.1, -0.05) is 26.7 Å². The van der Waals surface area contributed by atoms with Crippen LogP contribution in [0.3, 0.4) is 0 Å². The minimum atomic E-state index is 0.417. The second-order valence-corrected chi connectivity index (χ2v) is 4.17. The van der Waals surface area contributed by atoms with Gasteiger partial charge in [-0.2, -0.15) is 0 Å². The number of hydrogen-bond acceptors (Lipinski definition) is 3. The standard InChI is InChI=1S/C11H26N2O/c1-4-14-9-8-11(13-12)7-5-6-10(2)3/h10-11,13H,4-9,12H2,1-3H3. The Bertz CT molecular complexity index is 118. The van der Waals surface area contributed by atoms with Gasteiger partial charge in [-0.05, 0) is 25.7 Å². The molecule has 3 heteroatoms. The lowest BCUT2D eigenvalue weighted by Gasteiger charge is -2.16. The molecule has 0 spiro atoms. The third-order valence-corrected chi connectivity index (χ3v) is 2.38. The van der Waals surface area contributed by atoms with Gasteiger partial charge in [0.2, 0.25) is 0 Å². The fourth-order valence-corrected chi connectivity index (χ4v) is 1.45. The highest BCUT2D eigenvalue weighted by molar-refractivity contribution is 4.63. The molecule has 14 heavy (non-hydrogen) atoms. The molecule has 0 aromatic rings. The predicted octanol–water partition coefficient (Wildman–Crippen LogP) is 2.07. The van der Waals surface area contributed by atoms with Crippen LogP contribution in [0, 0.1) is 5.92 Å². The SMILES string of the molecule is CCOCCC(CCCC(C)C)NN. The average Bonchev–Trinajstić information content (AvgIpc) is 2.15. The van der Waals surface area contributed by atoms with E-state index < -0.39 is 0 Å². The zero-order chi connectivity index (χ0) is 10.8. The van der Waals surface area contributed by atoms with E-state index in [1.54, 1.807) is 0 Å². The van der Waals surface area contributed by atoms with Crippen molar-refractivity contribution in [2.24, 2.45) is 11.8 Å². The highest BCUT2D eigenvalue weighted by atomic mass is 16.5. The summed E-state index contributed by atoms with van der Waals surface area (Å²) in [5.41, 5.74) is 2.85. The zero-order valence-corrected chi connectivity index (χ0v) is 9.88. The molecule has 3 N–H and O–H groups in total. The van der Waals surface area contributed by atoms with Crippen molar-refractivity contribution < 1.29 is 4.74 Å². The molecular weight excluding hydrogens is 176 g/mol. The van der Waals surface area contributed by atoms with E-state index in [4.69, 9.17) is 10.6 Å². The molecule has 0 aliphatic carbocycles. The molecule has 3 nitrogen and oxygen atoms in total. The lowest BCUT2D eigenvalue weighted by atomic mass is 10.0. The first-order valence-corrected chi connectivity index (χ1v) is 5.74. The fourth-order valence-electron chi connectivity index (χ4n) is 1.45. The summed E-state index contributed by atoms with van der Waals surface area (Å²) in [6.07, 6.45) is 4.70. The van der Waals surface area contributed by atoms with Crippen LogP contribution >= 0.6 is 0 Å². The Morgan fingerprint density at radius 3 is 2.43 bits per heavy atom. The third-order valence-electron chi connectivity index (χ3n) is 2.38. The Labute approximate surface area is 88.4 Å². The monoisotopic (exact) mass is 202 g/mol.